The molecule has 0 aliphatic carbocycles. The maximum atomic E-state index is 6.19. The average molecular weight is 439 g/mol. The number of nitrogens with two attached hydrogens (primary N) is 1. The Labute approximate surface area is 163 Å². The average Bonchev–Trinajstić information content (AvgIpc) is 2.96. The second kappa shape index (κ2) is 6.52. The number of hydrogen-bond acceptors (Lipinski definition) is 4. The largest absolute Gasteiger partial charge is 0.366 e. The molecule has 0 spiro atoms. The molecule has 0 fully saturated rings. The SMILES string of the molecule is Nc1nc2n(n1)[C@H](c1cccc(Br)c1)C[C@@H](c1ccc(Cl)c(Cl)c1)N2. The van der Waals surface area contributed by atoms with E-state index < -0.39 is 0 Å². The van der Waals surface area contributed by atoms with E-state index >= 15 is 0 Å². The molecule has 0 saturated carbocycles. The van der Waals surface area contributed by atoms with Crippen LogP contribution in [0.15, 0.2) is 46.9 Å². The molecule has 1 aliphatic rings. The van der Waals surface area contributed by atoms with Gasteiger partial charge in [-0.3, -0.25) is 0 Å². The van der Waals surface area contributed by atoms with Gasteiger partial charge in [0.2, 0.25) is 11.9 Å². The third kappa shape index (κ3) is 3.21. The molecule has 0 bridgehead atoms. The summed E-state index contributed by atoms with van der Waals surface area (Å²) in [5, 5.41) is 8.82. The van der Waals surface area contributed by atoms with Crippen molar-refractivity contribution in [1.82, 2.24) is 14.8 Å². The molecule has 0 amide bonds. The minimum Gasteiger partial charge on any atom is -0.366 e. The van der Waals surface area contributed by atoms with E-state index in [1.54, 1.807) is 0 Å². The molecule has 2 heterocycles. The highest BCUT2D eigenvalue weighted by molar-refractivity contribution is 9.10. The Hall–Kier alpha value is -1.76. The van der Waals surface area contributed by atoms with E-state index in [1.165, 1.54) is 0 Å². The molecular weight excluding hydrogens is 425 g/mol. The van der Waals surface area contributed by atoms with Crippen molar-refractivity contribution in [2.24, 2.45) is 0 Å². The quantitative estimate of drug-likeness (QED) is 0.585. The van der Waals surface area contributed by atoms with E-state index in [0.29, 0.717) is 16.0 Å². The van der Waals surface area contributed by atoms with Crippen LogP contribution in [0, 0.1) is 0 Å². The summed E-state index contributed by atoms with van der Waals surface area (Å²) in [7, 11) is 0. The maximum absolute atomic E-state index is 6.19. The van der Waals surface area contributed by atoms with Gasteiger partial charge in [0.05, 0.1) is 22.1 Å². The van der Waals surface area contributed by atoms with Crippen LogP contribution in [0.5, 0.6) is 0 Å². The van der Waals surface area contributed by atoms with Gasteiger partial charge in [-0.2, -0.15) is 4.98 Å². The Morgan fingerprint density at radius 2 is 1.96 bits per heavy atom. The van der Waals surface area contributed by atoms with Crippen LogP contribution in [0.1, 0.15) is 29.6 Å². The fourth-order valence-electron chi connectivity index (χ4n) is 3.13. The Morgan fingerprint density at radius 3 is 2.72 bits per heavy atom. The maximum Gasteiger partial charge on any atom is 0.241 e. The number of anilines is 2. The smallest absolute Gasteiger partial charge is 0.241 e. The molecule has 5 nitrogen and oxygen atoms in total. The normalized spacial score (nSPS) is 19.3. The molecule has 0 unspecified atom stereocenters. The van der Waals surface area contributed by atoms with Gasteiger partial charge in [-0.05, 0) is 41.8 Å². The van der Waals surface area contributed by atoms with Crippen LogP contribution in [0.25, 0.3) is 0 Å². The van der Waals surface area contributed by atoms with Crippen molar-refractivity contribution in [2.75, 3.05) is 11.1 Å². The highest BCUT2D eigenvalue weighted by Crippen LogP contribution is 2.39. The zero-order valence-corrected chi connectivity index (χ0v) is 16.1. The third-order valence-electron chi connectivity index (χ3n) is 4.28. The van der Waals surface area contributed by atoms with Crippen LogP contribution in [-0.2, 0) is 0 Å². The van der Waals surface area contributed by atoms with Crippen LogP contribution >= 0.6 is 39.1 Å². The lowest BCUT2D eigenvalue weighted by molar-refractivity contribution is 0.431. The number of rotatable bonds is 2. The molecule has 3 aromatic rings. The number of nitrogens with zero attached hydrogens (tertiary/aromatic N) is 3. The van der Waals surface area contributed by atoms with Crippen molar-refractivity contribution < 1.29 is 0 Å². The molecule has 1 aliphatic heterocycles. The van der Waals surface area contributed by atoms with Crippen molar-refractivity contribution in [2.45, 2.75) is 18.5 Å². The fraction of sp³-hybridized carbons (Fsp3) is 0.176. The summed E-state index contributed by atoms with van der Waals surface area (Å²) in [6.45, 7) is 0. The first kappa shape index (κ1) is 16.7. The van der Waals surface area contributed by atoms with Crippen molar-refractivity contribution in [3.05, 3.63) is 68.1 Å². The summed E-state index contributed by atoms with van der Waals surface area (Å²) < 4.78 is 2.86. The Morgan fingerprint density at radius 1 is 1.12 bits per heavy atom. The highest BCUT2D eigenvalue weighted by atomic mass is 79.9. The molecule has 0 saturated heterocycles. The Kier molecular flexibility index (Phi) is 4.35. The topological polar surface area (TPSA) is 68.8 Å². The second-order valence-corrected chi connectivity index (χ2v) is 7.65. The van der Waals surface area contributed by atoms with E-state index in [0.717, 1.165) is 22.0 Å². The number of halogens is 3. The summed E-state index contributed by atoms with van der Waals surface area (Å²) in [6, 6.07) is 13.9. The van der Waals surface area contributed by atoms with Gasteiger partial charge >= 0.3 is 0 Å². The van der Waals surface area contributed by atoms with E-state index in [1.807, 2.05) is 35.0 Å². The minimum absolute atomic E-state index is 0.0120. The number of nitrogens with one attached hydrogen (secondary N) is 1. The standard InChI is InChI=1S/C17H14BrCl2N5/c18-11-3-1-2-10(6-11)15-8-14(9-4-5-12(19)13(20)7-9)22-17-23-16(21)24-25(15)17/h1-7,14-15H,8H2,(H3,21,22,23,24)/t14-,15-/m0/s1. The molecule has 2 aromatic carbocycles. The van der Waals surface area contributed by atoms with E-state index in [2.05, 4.69) is 43.5 Å². The molecule has 25 heavy (non-hydrogen) atoms. The van der Waals surface area contributed by atoms with E-state index in [4.69, 9.17) is 28.9 Å². The minimum atomic E-state index is 0.0120. The first-order valence-corrected chi connectivity index (χ1v) is 9.25. The zero-order chi connectivity index (χ0) is 17.6. The second-order valence-electron chi connectivity index (χ2n) is 5.92. The first-order valence-electron chi connectivity index (χ1n) is 7.70. The highest BCUT2D eigenvalue weighted by Gasteiger charge is 2.31. The molecule has 4 rings (SSSR count). The fourth-order valence-corrected chi connectivity index (χ4v) is 3.86. The lowest BCUT2D eigenvalue weighted by Crippen LogP contribution is -2.28. The molecule has 3 N–H and O–H groups in total. The van der Waals surface area contributed by atoms with Crippen LogP contribution < -0.4 is 11.1 Å². The van der Waals surface area contributed by atoms with Gasteiger partial charge in [-0.1, -0.05) is 57.3 Å². The van der Waals surface area contributed by atoms with Gasteiger partial charge in [-0.25, -0.2) is 4.68 Å². The van der Waals surface area contributed by atoms with Gasteiger partial charge in [-0.15, -0.1) is 5.10 Å². The van der Waals surface area contributed by atoms with Crippen molar-refractivity contribution in [3.8, 4) is 0 Å². The molecule has 2 atom stereocenters. The van der Waals surface area contributed by atoms with Gasteiger partial charge in [0.25, 0.3) is 0 Å². The summed E-state index contributed by atoms with van der Waals surface area (Å²) in [6.07, 6.45) is 0.782. The Bertz CT molecular complexity index is 943. The number of nitrogen functional groups attached to an aromatic ring is 1. The van der Waals surface area contributed by atoms with Gasteiger partial charge in [0, 0.05) is 4.47 Å². The monoisotopic (exact) mass is 437 g/mol. The third-order valence-corrected chi connectivity index (χ3v) is 5.52. The predicted octanol–water partition coefficient (Wildman–Crippen LogP) is 5.08. The van der Waals surface area contributed by atoms with Crippen molar-refractivity contribution in [3.63, 3.8) is 0 Å². The number of aromatic nitrogens is 3. The molecule has 1 aromatic heterocycles. The lowest BCUT2D eigenvalue weighted by atomic mass is 9.93. The van der Waals surface area contributed by atoms with E-state index in [9.17, 15) is 0 Å². The van der Waals surface area contributed by atoms with E-state index in [-0.39, 0.29) is 18.0 Å². The predicted molar refractivity (Wildman–Crippen MR) is 104 cm³/mol. The summed E-state index contributed by atoms with van der Waals surface area (Å²) in [5.41, 5.74) is 8.00. The zero-order valence-electron chi connectivity index (χ0n) is 13.0. The van der Waals surface area contributed by atoms with Crippen molar-refractivity contribution >= 4 is 51.0 Å². The van der Waals surface area contributed by atoms with Crippen LogP contribution in [0.2, 0.25) is 10.0 Å². The molecule has 8 heteroatoms. The van der Waals surface area contributed by atoms with Crippen LogP contribution in [-0.4, -0.2) is 14.8 Å². The molecule has 128 valence electrons. The molecular formula is C17H14BrCl2N5. The van der Waals surface area contributed by atoms with Gasteiger partial charge in [0.1, 0.15) is 0 Å². The molecule has 0 radical (unpaired) electrons. The summed E-state index contributed by atoms with van der Waals surface area (Å²) in [4.78, 5) is 4.31. The Balaban J connectivity index is 1.77. The first-order chi connectivity index (χ1) is 12.0. The summed E-state index contributed by atoms with van der Waals surface area (Å²) >= 11 is 15.8. The van der Waals surface area contributed by atoms with Crippen LogP contribution in [0.3, 0.4) is 0 Å². The summed E-state index contributed by atoms with van der Waals surface area (Å²) in [5.74, 6) is 0.891. The number of benzene rings is 2. The number of fused-ring (bicyclic) bond motifs is 1. The number of hydrogen-bond donors (Lipinski definition) is 2. The van der Waals surface area contributed by atoms with Gasteiger partial charge in [0.15, 0.2) is 0 Å². The van der Waals surface area contributed by atoms with Crippen LogP contribution in [0.4, 0.5) is 11.9 Å². The van der Waals surface area contributed by atoms with Gasteiger partial charge < -0.3 is 11.1 Å². The lowest BCUT2D eigenvalue weighted by Gasteiger charge is -2.32. The van der Waals surface area contributed by atoms with Crippen molar-refractivity contribution in [1.29, 1.82) is 0 Å².